The maximum Gasteiger partial charge on any atom is 0.230 e. The molecule has 0 saturated carbocycles. The summed E-state index contributed by atoms with van der Waals surface area (Å²) in [5.74, 6) is 0.319. The van der Waals surface area contributed by atoms with Gasteiger partial charge in [-0.1, -0.05) is 55.7 Å². The lowest BCUT2D eigenvalue weighted by molar-refractivity contribution is 0.391. The molecule has 0 aliphatic carbocycles. The molecule has 0 fully saturated rings. The number of hydrogen-bond acceptors (Lipinski definition) is 3. The van der Waals surface area contributed by atoms with Crippen LogP contribution >= 0.6 is 11.6 Å². The molecule has 2 rings (SSSR count). The fourth-order valence-electron chi connectivity index (χ4n) is 1.86. The Kier molecular flexibility index (Phi) is 3.35. The zero-order valence-electron chi connectivity index (χ0n) is 10.8. The summed E-state index contributed by atoms with van der Waals surface area (Å²) in [6, 6.07) is 7.59. The van der Waals surface area contributed by atoms with Gasteiger partial charge >= 0.3 is 0 Å². The Morgan fingerprint density at radius 1 is 1.33 bits per heavy atom. The monoisotopic (exact) mass is 264 g/mol. The molecule has 0 aliphatic heterocycles. The van der Waals surface area contributed by atoms with E-state index in [0.717, 1.165) is 23.2 Å². The van der Waals surface area contributed by atoms with Crippen molar-refractivity contribution in [2.75, 3.05) is 5.73 Å². The number of nitrogens with two attached hydrogens (primary N) is 1. The van der Waals surface area contributed by atoms with Crippen molar-refractivity contribution in [2.24, 2.45) is 0 Å². The summed E-state index contributed by atoms with van der Waals surface area (Å²) in [5, 5.41) is 4.77. The average Bonchev–Trinajstić information content (AvgIpc) is 2.72. The number of anilines is 1. The highest BCUT2D eigenvalue weighted by Gasteiger charge is 2.29. The zero-order valence-corrected chi connectivity index (χ0v) is 11.6. The van der Waals surface area contributed by atoms with Gasteiger partial charge in [0.15, 0.2) is 0 Å². The van der Waals surface area contributed by atoms with E-state index in [1.54, 1.807) is 0 Å². The van der Waals surface area contributed by atoms with E-state index in [0.29, 0.717) is 10.9 Å². The van der Waals surface area contributed by atoms with Crippen LogP contribution in [0.1, 0.15) is 32.9 Å². The van der Waals surface area contributed by atoms with E-state index in [-0.39, 0.29) is 5.41 Å². The Bertz CT molecular complexity index is 561. The molecule has 18 heavy (non-hydrogen) atoms. The summed E-state index contributed by atoms with van der Waals surface area (Å²) in [4.78, 5) is 0. The Labute approximate surface area is 112 Å². The first-order valence-corrected chi connectivity index (χ1v) is 6.35. The summed E-state index contributed by atoms with van der Waals surface area (Å²) in [5.41, 5.74) is 8.34. The topological polar surface area (TPSA) is 52.0 Å². The Balaban J connectivity index is 2.65. The normalized spacial score (nSPS) is 11.8. The van der Waals surface area contributed by atoms with Gasteiger partial charge in [0.05, 0.1) is 11.3 Å². The van der Waals surface area contributed by atoms with Gasteiger partial charge in [0.1, 0.15) is 0 Å². The van der Waals surface area contributed by atoms with Crippen molar-refractivity contribution in [1.82, 2.24) is 5.16 Å². The van der Waals surface area contributed by atoms with Crippen LogP contribution in [-0.2, 0) is 5.41 Å². The largest absolute Gasteiger partial charge is 0.367 e. The quantitative estimate of drug-likeness (QED) is 0.901. The summed E-state index contributed by atoms with van der Waals surface area (Å²) in [6.07, 6.45) is 0.941. The average molecular weight is 265 g/mol. The van der Waals surface area contributed by atoms with Crippen LogP contribution in [0.3, 0.4) is 0 Å². The van der Waals surface area contributed by atoms with Gasteiger partial charge in [0.2, 0.25) is 5.88 Å². The third-order valence-corrected chi connectivity index (χ3v) is 3.72. The highest BCUT2D eigenvalue weighted by molar-refractivity contribution is 6.33. The Morgan fingerprint density at radius 3 is 2.61 bits per heavy atom. The van der Waals surface area contributed by atoms with Crippen LogP contribution in [0, 0.1) is 0 Å². The maximum absolute atomic E-state index is 6.23. The first-order valence-electron chi connectivity index (χ1n) is 5.98. The molecule has 1 aromatic carbocycles. The number of halogens is 1. The summed E-state index contributed by atoms with van der Waals surface area (Å²) >= 11 is 6.23. The first-order chi connectivity index (χ1) is 8.47. The van der Waals surface area contributed by atoms with Crippen LogP contribution in [0.25, 0.3) is 11.1 Å². The summed E-state index contributed by atoms with van der Waals surface area (Å²) in [7, 11) is 0. The predicted molar refractivity (Wildman–Crippen MR) is 74.7 cm³/mol. The van der Waals surface area contributed by atoms with Gasteiger partial charge in [-0.3, -0.25) is 0 Å². The molecular formula is C14H17ClN2O. The molecule has 0 radical (unpaired) electrons. The van der Waals surface area contributed by atoms with Crippen molar-refractivity contribution in [2.45, 2.75) is 32.6 Å². The fourth-order valence-corrected chi connectivity index (χ4v) is 2.09. The SMILES string of the molecule is CCC(C)(C)c1noc(N)c1-c1ccccc1Cl. The minimum absolute atomic E-state index is 0.102. The number of aromatic nitrogens is 1. The van der Waals surface area contributed by atoms with Gasteiger partial charge in [0.25, 0.3) is 0 Å². The number of benzene rings is 1. The second-order valence-electron chi connectivity index (χ2n) is 4.99. The van der Waals surface area contributed by atoms with Crippen molar-refractivity contribution in [3.63, 3.8) is 0 Å². The molecule has 2 N–H and O–H groups in total. The van der Waals surface area contributed by atoms with Gasteiger partial charge in [0, 0.05) is 16.0 Å². The molecule has 0 spiro atoms. The Morgan fingerprint density at radius 2 is 2.00 bits per heavy atom. The van der Waals surface area contributed by atoms with Crippen molar-refractivity contribution in [3.05, 3.63) is 35.0 Å². The van der Waals surface area contributed by atoms with Gasteiger partial charge < -0.3 is 10.3 Å². The zero-order chi connectivity index (χ0) is 13.3. The second-order valence-corrected chi connectivity index (χ2v) is 5.39. The highest BCUT2D eigenvalue weighted by atomic mass is 35.5. The van der Waals surface area contributed by atoms with Crippen LogP contribution in [-0.4, -0.2) is 5.16 Å². The lowest BCUT2D eigenvalue weighted by Gasteiger charge is -2.21. The van der Waals surface area contributed by atoms with E-state index in [2.05, 4.69) is 25.9 Å². The van der Waals surface area contributed by atoms with Gasteiger partial charge in [-0.15, -0.1) is 0 Å². The number of rotatable bonds is 3. The molecule has 2 aromatic rings. The van der Waals surface area contributed by atoms with Crippen molar-refractivity contribution in [3.8, 4) is 11.1 Å². The maximum atomic E-state index is 6.23. The van der Waals surface area contributed by atoms with E-state index < -0.39 is 0 Å². The van der Waals surface area contributed by atoms with Crippen LogP contribution in [0.4, 0.5) is 5.88 Å². The minimum atomic E-state index is -0.102. The molecule has 4 heteroatoms. The molecule has 0 amide bonds. The lowest BCUT2D eigenvalue weighted by atomic mass is 9.83. The minimum Gasteiger partial charge on any atom is -0.367 e. The van der Waals surface area contributed by atoms with Crippen LogP contribution in [0.2, 0.25) is 5.02 Å². The van der Waals surface area contributed by atoms with E-state index in [9.17, 15) is 0 Å². The standard InChI is InChI=1S/C14H17ClN2O/c1-4-14(2,3)12-11(13(16)18-17-12)9-7-5-6-8-10(9)15/h5-8H,4,16H2,1-3H3. The van der Waals surface area contributed by atoms with Crippen LogP contribution < -0.4 is 5.73 Å². The Hall–Kier alpha value is -1.48. The van der Waals surface area contributed by atoms with Gasteiger partial charge in [-0.05, 0) is 12.5 Å². The predicted octanol–water partition coefficient (Wildman–Crippen LogP) is 4.26. The fraction of sp³-hybridized carbons (Fsp3) is 0.357. The molecule has 96 valence electrons. The van der Waals surface area contributed by atoms with Crippen molar-refractivity contribution < 1.29 is 4.52 Å². The van der Waals surface area contributed by atoms with E-state index >= 15 is 0 Å². The molecule has 0 atom stereocenters. The molecule has 1 heterocycles. The van der Waals surface area contributed by atoms with E-state index in [1.165, 1.54) is 0 Å². The third kappa shape index (κ3) is 2.10. The smallest absolute Gasteiger partial charge is 0.230 e. The highest BCUT2D eigenvalue weighted by Crippen LogP contribution is 2.40. The van der Waals surface area contributed by atoms with Crippen molar-refractivity contribution in [1.29, 1.82) is 0 Å². The molecular weight excluding hydrogens is 248 g/mol. The first kappa shape index (κ1) is 13.0. The van der Waals surface area contributed by atoms with E-state index in [1.807, 2.05) is 24.3 Å². The van der Waals surface area contributed by atoms with Crippen LogP contribution in [0.15, 0.2) is 28.8 Å². The number of nitrogen functional groups attached to an aromatic ring is 1. The molecule has 3 nitrogen and oxygen atoms in total. The molecule has 0 aliphatic rings. The van der Waals surface area contributed by atoms with Gasteiger partial charge in [-0.2, -0.15) is 0 Å². The number of nitrogens with zero attached hydrogens (tertiary/aromatic N) is 1. The molecule has 0 saturated heterocycles. The van der Waals surface area contributed by atoms with Crippen molar-refractivity contribution >= 4 is 17.5 Å². The molecule has 0 unspecified atom stereocenters. The van der Waals surface area contributed by atoms with Crippen LogP contribution in [0.5, 0.6) is 0 Å². The van der Waals surface area contributed by atoms with E-state index in [4.69, 9.17) is 21.9 Å². The molecule has 1 aromatic heterocycles. The third-order valence-electron chi connectivity index (χ3n) is 3.39. The van der Waals surface area contributed by atoms with Gasteiger partial charge in [-0.25, -0.2) is 0 Å². The summed E-state index contributed by atoms with van der Waals surface area (Å²) in [6.45, 7) is 6.34. The second kappa shape index (κ2) is 4.65. The molecule has 0 bridgehead atoms. The lowest BCUT2D eigenvalue weighted by Crippen LogP contribution is -2.17. The number of hydrogen-bond donors (Lipinski definition) is 1. The summed E-state index contributed by atoms with van der Waals surface area (Å²) < 4.78 is 5.16.